The van der Waals surface area contributed by atoms with Gasteiger partial charge in [0.2, 0.25) is 5.91 Å². The SMILES string of the molecule is CC(C)(C)[C@@H](N)C(=O)Nc1cc(Cl)c(Cl)cc1Cl. The van der Waals surface area contributed by atoms with Crippen molar-refractivity contribution in [2.45, 2.75) is 26.8 Å². The van der Waals surface area contributed by atoms with E-state index in [1.165, 1.54) is 12.1 Å². The third-order valence-corrected chi connectivity index (χ3v) is 3.52. The maximum absolute atomic E-state index is 11.9. The van der Waals surface area contributed by atoms with Crippen molar-refractivity contribution in [3.63, 3.8) is 0 Å². The van der Waals surface area contributed by atoms with E-state index in [1.54, 1.807) is 0 Å². The number of halogens is 3. The van der Waals surface area contributed by atoms with Crippen molar-refractivity contribution in [2.24, 2.45) is 11.1 Å². The van der Waals surface area contributed by atoms with Gasteiger partial charge in [-0.05, 0) is 17.5 Å². The minimum absolute atomic E-state index is 0.317. The highest BCUT2D eigenvalue weighted by Gasteiger charge is 2.27. The zero-order valence-corrected chi connectivity index (χ0v) is 12.6. The Morgan fingerprint density at radius 1 is 1.17 bits per heavy atom. The third-order valence-electron chi connectivity index (χ3n) is 2.48. The van der Waals surface area contributed by atoms with Gasteiger partial charge in [0.25, 0.3) is 0 Å². The van der Waals surface area contributed by atoms with Gasteiger partial charge in [-0.15, -0.1) is 0 Å². The fraction of sp³-hybridized carbons (Fsp3) is 0.417. The number of anilines is 1. The molecule has 0 bridgehead atoms. The summed E-state index contributed by atoms with van der Waals surface area (Å²) in [4.78, 5) is 11.9. The van der Waals surface area contributed by atoms with Gasteiger partial charge in [-0.1, -0.05) is 55.6 Å². The Kier molecular flexibility index (Phi) is 4.90. The van der Waals surface area contributed by atoms with Crippen LogP contribution in [-0.4, -0.2) is 11.9 Å². The van der Waals surface area contributed by atoms with Crippen molar-refractivity contribution in [2.75, 3.05) is 5.32 Å². The molecule has 0 aliphatic heterocycles. The Balaban J connectivity index is 2.92. The van der Waals surface area contributed by atoms with Crippen LogP contribution < -0.4 is 11.1 Å². The highest BCUT2D eigenvalue weighted by atomic mass is 35.5. The van der Waals surface area contributed by atoms with Crippen molar-refractivity contribution in [3.05, 3.63) is 27.2 Å². The summed E-state index contributed by atoms with van der Waals surface area (Å²) in [6, 6.07) is 2.33. The summed E-state index contributed by atoms with van der Waals surface area (Å²) in [6.45, 7) is 5.65. The molecule has 0 unspecified atom stereocenters. The van der Waals surface area contributed by atoms with Gasteiger partial charge in [-0.3, -0.25) is 4.79 Å². The summed E-state index contributed by atoms with van der Waals surface area (Å²) in [5.41, 5.74) is 5.90. The van der Waals surface area contributed by atoms with Gasteiger partial charge in [0.15, 0.2) is 0 Å². The highest BCUT2D eigenvalue weighted by molar-refractivity contribution is 6.44. The second kappa shape index (κ2) is 5.66. The molecule has 1 amide bonds. The molecule has 1 aromatic carbocycles. The fourth-order valence-corrected chi connectivity index (χ4v) is 1.82. The summed E-state index contributed by atoms with van der Waals surface area (Å²) < 4.78 is 0. The lowest BCUT2D eigenvalue weighted by Gasteiger charge is -2.26. The van der Waals surface area contributed by atoms with Crippen LogP contribution in [0.25, 0.3) is 0 Å². The zero-order chi connectivity index (χ0) is 14.1. The number of hydrogen-bond donors (Lipinski definition) is 2. The van der Waals surface area contributed by atoms with E-state index in [-0.39, 0.29) is 11.3 Å². The second-order valence-corrected chi connectivity index (χ2v) is 6.30. The van der Waals surface area contributed by atoms with E-state index in [0.717, 1.165) is 0 Å². The molecule has 0 fully saturated rings. The van der Waals surface area contributed by atoms with Crippen LogP contribution in [0, 0.1) is 5.41 Å². The van der Waals surface area contributed by atoms with E-state index in [0.29, 0.717) is 20.8 Å². The monoisotopic (exact) mass is 308 g/mol. The predicted molar refractivity (Wildman–Crippen MR) is 77.5 cm³/mol. The van der Waals surface area contributed by atoms with Gasteiger partial charge in [0, 0.05) is 0 Å². The van der Waals surface area contributed by atoms with Crippen molar-refractivity contribution < 1.29 is 4.79 Å². The smallest absolute Gasteiger partial charge is 0.241 e. The summed E-state index contributed by atoms with van der Waals surface area (Å²) in [6.07, 6.45) is 0. The van der Waals surface area contributed by atoms with E-state index >= 15 is 0 Å². The average molecular weight is 310 g/mol. The quantitative estimate of drug-likeness (QED) is 0.812. The number of nitrogens with two attached hydrogens (primary N) is 1. The van der Waals surface area contributed by atoms with E-state index < -0.39 is 6.04 Å². The number of benzene rings is 1. The summed E-state index contributed by atoms with van der Waals surface area (Å²) in [7, 11) is 0. The number of hydrogen-bond acceptors (Lipinski definition) is 2. The average Bonchev–Trinajstić information content (AvgIpc) is 2.23. The van der Waals surface area contributed by atoms with Crippen LogP contribution in [0.15, 0.2) is 12.1 Å². The highest BCUT2D eigenvalue weighted by Crippen LogP contribution is 2.32. The Hall–Kier alpha value is -0.480. The Labute approximate surface area is 122 Å². The minimum Gasteiger partial charge on any atom is -0.323 e. The van der Waals surface area contributed by atoms with E-state index in [4.69, 9.17) is 40.5 Å². The number of carbonyl (C=O) groups excluding carboxylic acids is 1. The van der Waals surface area contributed by atoms with Gasteiger partial charge in [-0.25, -0.2) is 0 Å². The largest absolute Gasteiger partial charge is 0.323 e. The van der Waals surface area contributed by atoms with Gasteiger partial charge < -0.3 is 11.1 Å². The Morgan fingerprint density at radius 2 is 1.67 bits per heavy atom. The number of nitrogens with one attached hydrogen (secondary N) is 1. The van der Waals surface area contributed by atoms with E-state index in [1.807, 2.05) is 20.8 Å². The maximum Gasteiger partial charge on any atom is 0.241 e. The van der Waals surface area contributed by atoms with Crippen LogP contribution >= 0.6 is 34.8 Å². The first-order chi connectivity index (χ1) is 8.12. The van der Waals surface area contributed by atoms with E-state index in [2.05, 4.69) is 5.32 Å². The number of amides is 1. The first-order valence-electron chi connectivity index (χ1n) is 5.34. The Morgan fingerprint density at radius 3 is 2.17 bits per heavy atom. The molecule has 3 N–H and O–H groups in total. The van der Waals surface area contributed by atoms with Crippen molar-refractivity contribution in [3.8, 4) is 0 Å². The maximum atomic E-state index is 11.9. The predicted octanol–water partition coefficient (Wildman–Crippen LogP) is 3.96. The number of rotatable bonds is 2. The molecule has 1 aromatic rings. The van der Waals surface area contributed by atoms with Crippen LogP contribution in [0.3, 0.4) is 0 Å². The molecule has 1 rings (SSSR count). The molecule has 3 nitrogen and oxygen atoms in total. The molecule has 0 saturated carbocycles. The van der Waals surface area contributed by atoms with Crippen molar-refractivity contribution in [1.82, 2.24) is 0 Å². The van der Waals surface area contributed by atoms with Crippen LogP contribution in [0.4, 0.5) is 5.69 Å². The molecular formula is C12H15Cl3N2O. The summed E-state index contributed by atoms with van der Waals surface area (Å²) in [5.74, 6) is -0.317. The zero-order valence-electron chi connectivity index (χ0n) is 10.4. The van der Waals surface area contributed by atoms with Crippen molar-refractivity contribution in [1.29, 1.82) is 0 Å². The minimum atomic E-state index is -0.650. The molecule has 0 saturated heterocycles. The number of carbonyl (C=O) groups is 1. The lowest BCUT2D eigenvalue weighted by Crippen LogP contribution is -2.45. The standard InChI is InChI=1S/C12H15Cl3N2O/c1-12(2,3)10(16)11(18)17-9-5-7(14)6(13)4-8(9)15/h4-5,10H,16H2,1-3H3,(H,17,18)/t10-/m0/s1. The molecule has 0 radical (unpaired) electrons. The van der Waals surface area contributed by atoms with Gasteiger partial charge in [0.05, 0.1) is 26.8 Å². The molecule has 6 heteroatoms. The summed E-state index contributed by atoms with van der Waals surface area (Å²) in [5, 5.41) is 3.62. The van der Waals surface area contributed by atoms with Crippen LogP contribution in [0.2, 0.25) is 15.1 Å². The normalized spacial score (nSPS) is 13.3. The molecule has 100 valence electrons. The molecule has 0 aliphatic carbocycles. The molecular weight excluding hydrogens is 295 g/mol. The van der Waals surface area contributed by atoms with Crippen LogP contribution in [0.1, 0.15) is 20.8 Å². The van der Waals surface area contributed by atoms with Gasteiger partial charge in [0.1, 0.15) is 0 Å². The molecule has 1 atom stereocenters. The Bertz CT molecular complexity index is 469. The first kappa shape index (κ1) is 15.6. The molecule has 0 heterocycles. The topological polar surface area (TPSA) is 55.1 Å². The van der Waals surface area contributed by atoms with Gasteiger partial charge in [-0.2, -0.15) is 0 Å². The van der Waals surface area contributed by atoms with Gasteiger partial charge >= 0.3 is 0 Å². The van der Waals surface area contributed by atoms with Crippen molar-refractivity contribution >= 4 is 46.4 Å². The second-order valence-electron chi connectivity index (χ2n) is 5.08. The van der Waals surface area contributed by atoms with E-state index in [9.17, 15) is 4.79 Å². The summed E-state index contributed by atoms with van der Waals surface area (Å²) >= 11 is 17.6. The molecule has 0 aromatic heterocycles. The molecule has 0 spiro atoms. The lowest BCUT2D eigenvalue weighted by molar-refractivity contribution is -0.119. The third kappa shape index (κ3) is 3.75. The van der Waals surface area contributed by atoms with Crippen LogP contribution in [-0.2, 0) is 4.79 Å². The lowest BCUT2D eigenvalue weighted by atomic mass is 9.87. The molecule has 18 heavy (non-hydrogen) atoms. The molecule has 0 aliphatic rings. The first-order valence-corrected chi connectivity index (χ1v) is 6.47. The fourth-order valence-electron chi connectivity index (χ4n) is 1.22. The van der Waals surface area contributed by atoms with Crippen LogP contribution in [0.5, 0.6) is 0 Å².